The molecule has 9 heteroatoms. The number of benzene rings is 1. The van der Waals surface area contributed by atoms with E-state index in [1.54, 1.807) is 25.5 Å². The Kier molecular flexibility index (Phi) is 5.19. The van der Waals surface area contributed by atoms with Crippen molar-refractivity contribution in [3.05, 3.63) is 59.9 Å². The van der Waals surface area contributed by atoms with E-state index in [2.05, 4.69) is 31.7 Å². The lowest BCUT2D eigenvalue weighted by Crippen LogP contribution is -2.04. The van der Waals surface area contributed by atoms with Crippen molar-refractivity contribution in [2.45, 2.75) is 0 Å². The van der Waals surface area contributed by atoms with Crippen LogP contribution in [0.3, 0.4) is 0 Å². The van der Waals surface area contributed by atoms with E-state index in [1.807, 2.05) is 6.07 Å². The van der Waals surface area contributed by atoms with Gasteiger partial charge >= 0.3 is 0 Å². The summed E-state index contributed by atoms with van der Waals surface area (Å²) in [6, 6.07) is 8.61. The zero-order valence-corrected chi connectivity index (χ0v) is 16.5. The second kappa shape index (κ2) is 8.11. The van der Waals surface area contributed by atoms with Crippen molar-refractivity contribution in [1.29, 1.82) is 10.5 Å². The van der Waals surface area contributed by atoms with Crippen molar-refractivity contribution in [2.75, 3.05) is 24.2 Å². The summed E-state index contributed by atoms with van der Waals surface area (Å²) in [6.07, 6.45) is 6.22. The molecule has 0 unspecified atom stereocenters. The molecule has 0 saturated heterocycles. The van der Waals surface area contributed by atoms with Gasteiger partial charge in [0, 0.05) is 54.9 Å². The van der Waals surface area contributed by atoms with Crippen molar-refractivity contribution >= 4 is 33.3 Å². The lowest BCUT2D eigenvalue weighted by molar-refractivity contribution is 0.630. The number of hydrogen-bond acceptors (Lipinski definition) is 7. The minimum atomic E-state index is -0.405. The van der Waals surface area contributed by atoms with Gasteiger partial charge in [-0.25, -0.2) is 9.37 Å². The molecule has 0 atom stereocenters. The maximum absolute atomic E-state index is 14.4. The number of nitrogens with one attached hydrogen (secondary N) is 3. The van der Waals surface area contributed by atoms with Gasteiger partial charge in [-0.05, 0) is 18.2 Å². The maximum atomic E-state index is 14.4. The third kappa shape index (κ3) is 3.50. The first-order chi connectivity index (χ1) is 15.1. The van der Waals surface area contributed by atoms with Gasteiger partial charge in [0.05, 0.1) is 39.5 Å². The molecule has 3 aromatic heterocycles. The highest BCUT2D eigenvalue weighted by Crippen LogP contribution is 2.40. The molecule has 4 aromatic rings. The first-order valence-corrected chi connectivity index (χ1v) is 9.32. The van der Waals surface area contributed by atoms with Crippen LogP contribution in [0.2, 0.25) is 0 Å². The van der Waals surface area contributed by atoms with Gasteiger partial charge in [0.2, 0.25) is 0 Å². The number of aromatic nitrogens is 3. The van der Waals surface area contributed by atoms with Crippen LogP contribution in [-0.4, -0.2) is 28.5 Å². The van der Waals surface area contributed by atoms with Gasteiger partial charge in [-0.1, -0.05) is 0 Å². The minimum Gasteiger partial charge on any atom is -0.386 e. The molecule has 0 amide bonds. The van der Waals surface area contributed by atoms with E-state index >= 15 is 0 Å². The molecule has 8 nitrogen and oxygen atoms in total. The summed E-state index contributed by atoms with van der Waals surface area (Å²) in [5.41, 5.74) is 10.0. The lowest BCUT2D eigenvalue weighted by Gasteiger charge is -2.12. The fraction of sp³-hybridized carbons (Fsp3) is 0.0909. The highest BCUT2D eigenvalue weighted by atomic mass is 19.1. The van der Waals surface area contributed by atoms with E-state index in [1.165, 1.54) is 24.5 Å². The van der Waals surface area contributed by atoms with Gasteiger partial charge in [0.15, 0.2) is 0 Å². The number of nitriles is 2. The van der Waals surface area contributed by atoms with Crippen LogP contribution < -0.4 is 16.4 Å². The topological polar surface area (TPSA) is 139 Å². The Balaban J connectivity index is 2.08. The number of aromatic amines is 1. The number of rotatable bonds is 5. The molecule has 3 heterocycles. The summed E-state index contributed by atoms with van der Waals surface area (Å²) in [4.78, 5) is 11.9. The first-order valence-electron chi connectivity index (χ1n) is 9.32. The zero-order chi connectivity index (χ0) is 22.0. The molecule has 4 rings (SSSR count). The molecule has 152 valence electrons. The number of anilines is 2. The maximum Gasteiger partial charge on any atom is 0.140 e. The molecule has 0 bridgehead atoms. The van der Waals surface area contributed by atoms with Crippen molar-refractivity contribution < 1.29 is 4.39 Å². The van der Waals surface area contributed by atoms with E-state index < -0.39 is 5.82 Å². The van der Waals surface area contributed by atoms with Crippen LogP contribution >= 0.6 is 0 Å². The van der Waals surface area contributed by atoms with Crippen molar-refractivity contribution in [3.63, 3.8) is 0 Å². The van der Waals surface area contributed by atoms with Gasteiger partial charge in [0.1, 0.15) is 17.5 Å². The van der Waals surface area contributed by atoms with Gasteiger partial charge < -0.3 is 21.4 Å². The van der Waals surface area contributed by atoms with Crippen LogP contribution in [0.5, 0.6) is 0 Å². The number of pyridine rings is 2. The smallest absolute Gasteiger partial charge is 0.140 e. The zero-order valence-electron chi connectivity index (χ0n) is 16.5. The Bertz CT molecular complexity index is 1420. The standard InChI is InChI=1S/C22H17FN8/c1-27-18-4-15(23)3-16-19-21(29-9-13(6-25)7-26)17(11-30-22(19)31-20(16)18)14-2-12(5-24)8-28-10-14/h2-4,8-11,27H,6,25H2,1H3,(H2,29,30,31)/b13-9+. The molecule has 0 spiro atoms. The van der Waals surface area contributed by atoms with E-state index in [-0.39, 0.29) is 6.54 Å². The van der Waals surface area contributed by atoms with Crippen molar-refractivity contribution in [1.82, 2.24) is 15.0 Å². The Morgan fingerprint density at radius 3 is 2.81 bits per heavy atom. The third-order valence-electron chi connectivity index (χ3n) is 4.90. The summed E-state index contributed by atoms with van der Waals surface area (Å²) < 4.78 is 14.4. The Labute approximate surface area is 176 Å². The number of nitrogens with two attached hydrogens (primary N) is 1. The Hall–Kier alpha value is -4.47. The highest BCUT2D eigenvalue weighted by molar-refractivity contribution is 6.17. The molecule has 0 aliphatic rings. The molecule has 0 aliphatic heterocycles. The van der Waals surface area contributed by atoms with Gasteiger partial charge in [0.25, 0.3) is 0 Å². The predicted octanol–water partition coefficient (Wildman–Crippen LogP) is 3.61. The molecule has 0 aliphatic carbocycles. The SMILES string of the molecule is CNc1cc(F)cc2c1[nH]c1ncc(-c3cncc(C#N)c3)c(N/C=C(/C#N)CN)c12. The van der Waals surface area contributed by atoms with Gasteiger partial charge in [-0.15, -0.1) is 0 Å². The van der Waals surface area contributed by atoms with Crippen LogP contribution in [0.4, 0.5) is 15.8 Å². The van der Waals surface area contributed by atoms with Crippen LogP contribution in [0, 0.1) is 28.5 Å². The van der Waals surface area contributed by atoms with E-state index in [4.69, 9.17) is 5.73 Å². The lowest BCUT2D eigenvalue weighted by atomic mass is 10.0. The minimum absolute atomic E-state index is 0.0605. The summed E-state index contributed by atoms with van der Waals surface area (Å²) in [5, 5.41) is 25.9. The molecule has 31 heavy (non-hydrogen) atoms. The predicted molar refractivity (Wildman–Crippen MR) is 117 cm³/mol. The van der Waals surface area contributed by atoms with E-state index in [0.29, 0.717) is 55.6 Å². The molecule has 0 fully saturated rings. The number of nitrogens with zero attached hydrogens (tertiary/aromatic N) is 4. The average molecular weight is 412 g/mol. The molecule has 0 saturated carbocycles. The molecular weight excluding hydrogens is 395 g/mol. The van der Waals surface area contributed by atoms with E-state index in [0.717, 1.165) is 0 Å². The van der Waals surface area contributed by atoms with Crippen LogP contribution in [-0.2, 0) is 0 Å². The normalized spacial score (nSPS) is 11.3. The Morgan fingerprint density at radius 1 is 1.26 bits per heavy atom. The first kappa shape index (κ1) is 19.8. The van der Waals surface area contributed by atoms with Gasteiger partial charge in [-0.2, -0.15) is 10.5 Å². The quantitative estimate of drug-likeness (QED) is 0.367. The summed E-state index contributed by atoms with van der Waals surface area (Å²) in [7, 11) is 1.71. The second-order valence-electron chi connectivity index (χ2n) is 6.73. The molecule has 1 aromatic carbocycles. The molecule has 0 radical (unpaired) electrons. The molecular formula is C22H17FN8. The summed E-state index contributed by atoms with van der Waals surface area (Å²) in [6.45, 7) is 0.0605. The van der Waals surface area contributed by atoms with Crippen LogP contribution in [0.25, 0.3) is 33.1 Å². The van der Waals surface area contributed by atoms with Crippen LogP contribution in [0.1, 0.15) is 5.56 Å². The summed E-state index contributed by atoms with van der Waals surface area (Å²) >= 11 is 0. The van der Waals surface area contributed by atoms with Crippen molar-refractivity contribution in [2.24, 2.45) is 5.73 Å². The average Bonchev–Trinajstić information content (AvgIpc) is 3.17. The third-order valence-corrected chi connectivity index (χ3v) is 4.90. The number of H-pyrrole nitrogens is 1. The monoisotopic (exact) mass is 412 g/mol. The number of halogens is 1. The van der Waals surface area contributed by atoms with Crippen LogP contribution in [0.15, 0.2) is 48.6 Å². The highest BCUT2D eigenvalue weighted by Gasteiger charge is 2.18. The summed E-state index contributed by atoms with van der Waals surface area (Å²) in [5.74, 6) is -0.405. The van der Waals surface area contributed by atoms with Crippen molar-refractivity contribution in [3.8, 4) is 23.3 Å². The fourth-order valence-electron chi connectivity index (χ4n) is 3.44. The number of fused-ring (bicyclic) bond motifs is 3. The Morgan fingerprint density at radius 2 is 2.10 bits per heavy atom. The fourth-order valence-corrected chi connectivity index (χ4v) is 3.44. The van der Waals surface area contributed by atoms with E-state index in [9.17, 15) is 14.9 Å². The molecule has 5 N–H and O–H groups in total. The number of hydrogen-bond donors (Lipinski definition) is 4. The second-order valence-corrected chi connectivity index (χ2v) is 6.73. The largest absolute Gasteiger partial charge is 0.386 e. The van der Waals surface area contributed by atoms with Gasteiger partial charge in [-0.3, -0.25) is 4.98 Å².